The molecule has 0 spiro atoms. The minimum atomic E-state index is -0.255. The molecule has 0 unspecified atom stereocenters. The molecule has 1 aromatic carbocycles. The zero-order valence-electron chi connectivity index (χ0n) is 9.01. The first-order valence-corrected chi connectivity index (χ1v) is 5.75. The van der Waals surface area contributed by atoms with Crippen LogP contribution in [0, 0.1) is 0 Å². The highest BCUT2D eigenvalue weighted by Gasteiger charge is 2.19. The normalized spacial score (nSPS) is 9.31. The van der Waals surface area contributed by atoms with Gasteiger partial charge in [-0.15, -0.1) is 18.3 Å². The Balaban J connectivity index is 3.07. The van der Waals surface area contributed by atoms with E-state index in [1.807, 2.05) is 12.1 Å². The van der Waals surface area contributed by atoms with Crippen molar-refractivity contribution in [3.05, 3.63) is 48.0 Å². The van der Waals surface area contributed by atoms with E-state index in [1.54, 1.807) is 18.2 Å². The average molecular weight is 232 g/mol. The van der Waals surface area contributed by atoms with Crippen LogP contribution in [0.25, 0.3) is 5.53 Å². The summed E-state index contributed by atoms with van der Waals surface area (Å²) in [6, 6.07) is 7.25. The highest BCUT2D eigenvalue weighted by atomic mass is 32.2. The van der Waals surface area contributed by atoms with Crippen LogP contribution in [0.3, 0.4) is 0 Å². The fraction of sp³-hybridized carbons (Fsp3) is 0.167. The molecule has 0 heterocycles. The molecular weight excluding hydrogens is 220 g/mol. The molecule has 1 rings (SSSR count). The van der Waals surface area contributed by atoms with Crippen LogP contribution >= 0.6 is 11.8 Å². The molecule has 0 bridgehead atoms. The van der Waals surface area contributed by atoms with Gasteiger partial charge in [-0.05, 0) is 12.1 Å². The summed E-state index contributed by atoms with van der Waals surface area (Å²) in [6.45, 7) is 5.12. The number of hydrogen-bond acceptors (Lipinski definition) is 2. The van der Waals surface area contributed by atoms with Gasteiger partial charge < -0.3 is 5.53 Å². The topological polar surface area (TPSA) is 53.5 Å². The number of benzene rings is 1. The van der Waals surface area contributed by atoms with E-state index in [4.69, 9.17) is 5.53 Å². The van der Waals surface area contributed by atoms with Gasteiger partial charge in [0, 0.05) is 23.1 Å². The minimum Gasteiger partial charge on any atom is -0.361 e. The average Bonchev–Trinajstić information content (AvgIpc) is 2.34. The third-order valence-electron chi connectivity index (χ3n) is 1.97. The van der Waals surface area contributed by atoms with Crippen LogP contribution in [0.1, 0.15) is 17.3 Å². The lowest BCUT2D eigenvalue weighted by atomic mass is 10.1. The fourth-order valence-corrected chi connectivity index (χ4v) is 1.96. The molecule has 0 fully saturated rings. The summed E-state index contributed by atoms with van der Waals surface area (Å²) in [6.07, 6.45) is 1.78. The number of carbonyl (C=O) groups is 1. The highest BCUT2D eigenvalue weighted by Crippen LogP contribution is 2.23. The van der Waals surface area contributed by atoms with Crippen LogP contribution in [0.15, 0.2) is 41.8 Å². The van der Waals surface area contributed by atoms with Crippen LogP contribution in [0.4, 0.5) is 0 Å². The molecule has 0 aliphatic heterocycles. The molecule has 0 atom stereocenters. The molecule has 0 aliphatic rings. The summed E-state index contributed by atoms with van der Waals surface area (Å²) in [4.78, 5) is 15.6. The van der Waals surface area contributed by atoms with Crippen LogP contribution in [0.5, 0.6) is 0 Å². The molecule has 0 N–H and O–H groups in total. The first-order valence-electron chi connectivity index (χ1n) is 4.76. The monoisotopic (exact) mass is 232 g/mol. The fourth-order valence-electron chi connectivity index (χ4n) is 1.17. The van der Waals surface area contributed by atoms with E-state index in [0.29, 0.717) is 5.56 Å². The Morgan fingerprint density at radius 1 is 1.56 bits per heavy atom. The van der Waals surface area contributed by atoms with E-state index < -0.39 is 0 Å². The van der Waals surface area contributed by atoms with Crippen LogP contribution in [-0.2, 0) is 0 Å². The second kappa shape index (κ2) is 6.05. The lowest BCUT2D eigenvalue weighted by Crippen LogP contribution is -2.12. The number of ketones is 1. The highest BCUT2D eigenvalue weighted by molar-refractivity contribution is 7.99. The molecule has 4 heteroatoms. The molecule has 0 aromatic heterocycles. The third-order valence-corrected chi connectivity index (χ3v) is 3.04. The largest absolute Gasteiger partial charge is 0.361 e. The summed E-state index contributed by atoms with van der Waals surface area (Å²) in [5, 5.41) is 0. The zero-order chi connectivity index (χ0) is 12.0. The van der Waals surface area contributed by atoms with Crippen molar-refractivity contribution in [2.24, 2.45) is 0 Å². The van der Waals surface area contributed by atoms with Crippen LogP contribution in [0.2, 0.25) is 0 Å². The quantitative estimate of drug-likeness (QED) is 0.196. The predicted molar refractivity (Wildman–Crippen MR) is 66.0 cm³/mol. The molecule has 0 aliphatic carbocycles. The molecule has 0 amide bonds. The van der Waals surface area contributed by atoms with Crippen molar-refractivity contribution in [3.63, 3.8) is 0 Å². The smallest absolute Gasteiger partial charge is 0.336 e. The Kier molecular flexibility index (Phi) is 4.70. The molecule has 0 saturated heterocycles. The molecule has 82 valence electrons. The number of hydrogen-bond donors (Lipinski definition) is 0. The number of rotatable bonds is 5. The summed E-state index contributed by atoms with van der Waals surface area (Å²) in [5.74, 6) is 0.481. The van der Waals surface area contributed by atoms with E-state index in [9.17, 15) is 4.79 Å². The molecule has 16 heavy (non-hydrogen) atoms. The Morgan fingerprint density at radius 3 is 2.88 bits per heavy atom. The van der Waals surface area contributed by atoms with Crippen molar-refractivity contribution in [1.82, 2.24) is 0 Å². The van der Waals surface area contributed by atoms with E-state index in [2.05, 4.69) is 11.4 Å². The Morgan fingerprint density at radius 2 is 2.25 bits per heavy atom. The van der Waals surface area contributed by atoms with E-state index in [1.165, 1.54) is 18.7 Å². The standard InChI is InChI=1S/C12H12N2OS/c1-3-8-16-11-7-5-4-6-10(11)12(15)9(2)14-13/h3-7H,1,8H2,2H3. The van der Waals surface area contributed by atoms with Gasteiger partial charge in [-0.1, -0.05) is 18.2 Å². The first kappa shape index (κ1) is 12.4. The molecule has 1 aromatic rings. The Bertz CT molecular complexity index is 462. The number of carbonyl (C=O) groups excluding carboxylic acids is 1. The Labute approximate surface area is 98.8 Å². The van der Waals surface area contributed by atoms with Gasteiger partial charge in [-0.25, -0.2) is 0 Å². The van der Waals surface area contributed by atoms with Gasteiger partial charge in [-0.2, -0.15) is 4.79 Å². The SMILES string of the molecule is C=CCSc1ccccc1C(=O)C(C)=[N+]=[N-]. The molecule has 0 saturated carbocycles. The van der Waals surface area contributed by atoms with Crippen molar-refractivity contribution in [2.75, 3.05) is 5.75 Å². The maximum atomic E-state index is 11.8. The van der Waals surface area contributed by atoms with Gasteiger partial charge in [-0.3, -0.25) is 4.79 Å². The second-order valence-electron chi connectivity index (χ2n) is 3.11. The molecule has 0 radical (unpaired) electrons. The molecular formula is C12H12N2OS. The van der Waals surface area contributed by atoms with E-state index >= 15 is 0 Å². The number of nitrogens with zero attached hydrogens (tertiary/aromatic N) is 2. The minimum absolute atomic E-state index is 0.0895. The Hall–Kier alpha value is -1.64. The van der Waals surface area contributed by atoms with Crippen molar-refractivity contribution in [1.29, 1.82) is 0 Å². The first-order chi connectivity index (χ1) is 7.70. The van der Waals surface area contributed by atoms with Gasteiger partial charge in [0.05, 0.1) is 0 Å². The zero-order valence-corrected chi connectivity index (χ0v) is 9.83. The van der Waals surface area contributed by atoms with Crippen LogP contribution < -0.4 is 0 Å². The van der Waals surface area contributed by atoms with Gasteiger partial charge >= 0.3 is 5.71 Å². The lowest BCUT2D eigenvalue weighted by Gasteiger charge is -2.03. The van der Waals surface area contributed by atoms with Gasteiger partial charge in [0.2, 0.25) is 0 Å². The third kappa shape index (κ3) is 2.92. The van der Waals surface area contributed by atoms with Gasteiger partial charge in [0.1, 0.15) is 0 Å². The maximum absolute atomic E-state index is 11.8. The van der Waals surface area contributed by atoms with E-state index in [0.717, 1.165) is 10.6 Å². The van der Waals surface area contributed by atoms with Crippen molar-refractivity contribution >= 4 is 23.3 Å². The summed E-state index contributed by atoms with van der Waals surface area (Å²) < 4.78 is 0. The van der Waals surface area contributed by atoms with Gasteiger partial charge in [0.25, 0.3) is 5.78 Å². The maximum Gasteiger partial charge on any atom is 0.336 e. The number of thioether (sulfide) groups is 1. The van der Waals surface area contributed by atoms with E-state index in [-0.39, 0.29) is 11.5 Å². The summed E-state index contributed by atoms with van der Waals surface area (Å²) >= 11 is 1.53. The van der Waals surface area contributed by atoms with Crippen molar-refractivity contribution in [3.8, 4) is 0 Å². The molecule has 3 nitrogen and oxygen atoms in total. The lowest BCUT2D eigenvalue weighted by molar-refractivity contribution is -0.00681. The number of Topliss-reactive ketones (excluding diaryl/α,β-unsaturated/α-hetero) is 1. The predicted octanol–water partition coefficient (Wildman–Crippen LogP) is 2.84. The summed E-state index contributed by atoms with van der Waals surface area (Å²) in [5.41, 5.74) is 9.23. The van der Waals surface area contributed by atoms with Crippen molar-refractivity contribution < 1.29 is 9.58 Å². The van der Waals surface area contributed by atoms with Crippen molar-refractivity contribution in [2.45, 2.75) is 11.8 Å². The van der Waals surface area contributed by atoms with Crippen LogP contribution in [-0.4, -0.2) is 22.0 Å². The van der Waals surface area contributed by atoms with Gasteiger partial charge in [0.15, 0.2) is 0 Å². The second-order valence-corrected chi connectivity index (χ2v) is 4.17. The summed E-state index contributed by atoms with van der Waals surface area (Å²) in [7, 11) is 0.